The second-order valence-corrected chi connectivity index (χ2v) is 10.1. The molecule has 1 aliphatic heterocycles. The number of halogens is 3. The molecule has 0 saturated carbocycles. The Morgan fingerprint density at radius 3 is 1.72 bits per heavy atom. The number of ether oxygens (including phenoxy) is 1. The molecule has 0 aromatic heterocycles. The van der Waals surface area contributed by atoms with E-state index in [0.717, 1.165) is 16.7 Å². The molecule has 4 nitrogen and oxygen atoms in total. The fourth-order valence-corrected chi connectivity index (χ4v) is 6.27. The van der Waals surface area contributed by atoms with Crippen molar-refractivity contribution < 1.29 is 27.8 Å². The number of cyclic esters (lactones) is 1. The summed E-state index contributed by atoms with van der Waals surface area (Å²) in [4.78, 5) is 14.8. The summed E-state index contributed by atoms with van der Waals surface area (Å²) >= 11 is 0.767. The molecule has 190 valence electrons. The van der Waals surface area contributed by atoms with E-state index >= 15 is 0 Å². The number of hydrogen-bond acceptors (Lipinski definition) is 4. The zero-order valence-corrected chi connectivity index (χ0v) is 21.0. The van der Waals surface area contributed by atoms with Crippen LogP contribution in [0.5, 0.6) is 0 Å². The van der Waals surface area contributed by atoms with Crippen LogP contribution in [0.2, 0.25) is 0 Å². The summed E-state index contributed by atoms with van der Waals surface area (Å²) in [7, 11) is 0. The molecule has 1 saturated heterocycles. The van der Waals surface area contributed by atoms with Gasteiger partial charge in [0.2, 0.25) is 5.60 Å². The van der Waals surface area contributed by atoms with Gasteiger partial charge in [-0.1, -0.05) is 105 Å². The van der Waals surface area contributed by atoms with Crippen molar-refractivity contribution in [2.45, 2.75) is 42.6 Å². The summed E-state index contributed by atoms with van der Waals surface area (Å²) in [5.74, 6) is -0.334. The quantitative estimate of drug-likeness (QED) is 0.388. The Morgan fingerprint density at radius 2 is 1.33 bits per heavy atom. The number of rotatable bonds is 7. The average Bonchev–Trinajstić information content (AvgIpc) is 3.19. The minimum atomic E-state index is -5.07. The number of benzene rings is 3. The molecular weight excluding hydrogens is 487 g/mol. The monoisotopic (exact) mass is 515 g/mol. The highest BCUT2D eigenvalue weighted by Crippen LogP contribution is 2.54. The van der Waals surface area contributed by atoms with Crippen LogP contribution in [-0.4, -0.2) is 39.9 Å². The van der Waals surface area contributed by atoms with Crippen LogP contribution in [0, 0.1) is 5.92 Å². The molecule has 36 heavy (non-hydrogen) atoms. The zero-order chi connectivity index (χ0) is 26.1. The van der Waals surface area contributed by atoms with E-state index in [1.54, 1.807) is 54.6 Å². The van der Waals surface area contributed by atoms with Crippen molar-refractivity contribution in [3.8, 4) is 0 Å². The number of nitrogens with zero attached hydrogens (tertiary/aromatic N) is 1. The van der Waals surface area contributed by atoms with E-state index in [9.17, 15) is 23.1 Å². The van der Waals surface area contributed by atoms with Gasteiger partial charge in [-0.25, -0.2) is 4.79 Å². The lowest BCUT2D eigenvalue weighted by Gasteiger charge is -2.45. The summed E-state index contributed by atoms with van der Waals surface area (Å²) in [6.45, 7) is 3.68. The van der Waals surface area contributed by atoms with Gasteiger partial charge in [0.25, 0.3) is 0 Å². The summed E-state index contributed by atoms with van der Waals surface area (Å²) in [6, 6.07) is 24.1. The van der Waals surface area contributed by atoms with Gasteiger partial charge in [-0.05, 0) is 17.7 Å². The number of carbonyl (C=O) groups excluding carboxylic acids is 1. The Labute approximate surface area is 213 Å². The number of aliphatic hydroxyl groups is 1. The summed E-state index contributed by atoms with van der Waals surface area (Å²) in [6.07, 6.45) is -4.53. The highest BCUT2D eigenvalue weighted by molar-refractivity contribution is 7.99. The van der Waals surface area contributed by atoms with Crippen LogP contribution in [0.25, 0.3) is 0 Å². The number of carbonyl (C=O) groups is 1. The third kappa shape index (κ3) is 4.06. The maximum Gasteiger partial charge on any atom is 0.424 e. The van der Waals surface area contributed by atoms with Crippen LogP contribution in [0.1, 0.15) is 30.5 Å². The first-order valence-electron chi connectivity index (χ1n) is 11.6. The lowest BCUT2D eigenvalue weighted by atomic mass is 9.75. The highest BCUT2D eigenvalue weighted by atomic mass is 32.2. The Balaban J connectivity index is 1.98. The molecule has 0 aliphatic carbocycles. The molecule has 1 N–H and O–H groups in total. The zero-order valence-electron chi connectivity index (χ0n) is 20.1. The molecule has 0 spiro atoms. The molecule has 1 aliphatic rings. The van der Waals surface area contributed by atoms with E-state index in [-0.39, 0.29) is 11.5 Å². The smallest absolute Gasteiger partial charge is 0.424 e. The summed E-state index contributed by atoms with van der Waals surface area (Å²) in [5, 5.41) is 9.76. The SMILES string of the molecule is CS[C@H](N1C(=O)OC(c2ccccc2)(c2ccccc2)[C@@H]1C(C)C)[C@](O)(c1ccccc1)C(F)(F)F. The molecule has 0 unspecified atom stereocenters. The second-order valence-electron chi connectivity index (χ2n) is 9.15. The van der Waals surface area contributed by atoms with Crippen molar-refractivity contribution >= 4 is 17.9 Å². The van der Waals surface area contributed by atoms with Crippen LogP contribution in [0.3, 0.4) is 0 Å². The van der Waals surface area contributed by atoms with E-state index in [4.69, 9.17) is 4.74 Å². The highest BCUT2D eigenvalue weighted by Gasteiger charge is 2.67. The second kappa shape index (κ2) is 9.82. The van der Waals surface area contributed by atoms with E-state index in [1.807, 2.05) is 26.0 Å². The first kappa shape index (κ1) is 26.1. The molecule has 3 aromatic carbocycles. The molecule has 8 heteroatoms. The molecule has 1 fully saturated rings. The maximum atomic E-state index is 14.7. The van der Waals surface area contributed by atoms with Crippen LogP contribution in [-0.2, 0) is 15.9 Å². The molecule has 4 rings (SSSR count). The van der Waals surface area contributed by atoms with E-state index in [1.165, 1.54) is 30.5 Å². The lowest BCUT2D eigenvalue weighted by Crippen LogP contribution is -2.61. The van der Waals surface area contributed by atoms with Crippen molar-refractivity contribution in [3.63, 3.8) is 0 Å². The first-order chi connectivity index (χ1) is 17.1. The van der Waals surface area contributed by atoms with E-state index in [0.29, 0.717) is 11.1 Å². The van der Waals surface area contributed by atoms with Gasteiger partial charge in [-0.2, -0.15) is 13.2 Å². The van der Waals surface area contributed by atoms with Gasteiger partial charge in [0.05, 0.1) is 6.04 Å². The van der Waals surface area contributed by atoms with Crippen molar-refractivity contribution in [2.24, 2.45) is 5.92 Å². The van der Waals surface area contributed by atoms with Crippen molar-refractivity contribution in [3.05, 3.63) is 108 Å². The third-order valence-corrected chi connectivity index (χ3v) is 7.71. The minimum Gasteiger partial charge on any atom is -0.431 e. The van der Waals surface area contributed by atoms with Gasteiger partial charge in [0, 0.05) is 11.1 Å². The normalized spacial score (nSPS) is 20.2. The van der Waals surface area contributed by atoms with Crippen LogP contribution >= 0.6 is 11.8 Å². The van der Waals surface area contributed by atoms with Crippen LogP contribution in [0.15, 0.2) is 91.0 Å². The minimum absolute atomic E-state index is 0.334. The fourth-order valence-electron chi connectivity index (χ4n) is 5.21. The summed E-state index contributed by atoms with van der Waals surface area (Å²) in [5.41, 5.74) is -3.79. The van der Waals surface area contributed by atoms with Crippen LogP contribution in [0.4, 0.5) is 18.0 Å². The number of amides is 1. The van der Waals surface area contributed by atoms with Gasteiger partial charge in [-0.15, -0.1) is 11.8 Å². The van der Waals surface area contributed by atoms with Gasteiger partial charge < -0.3 is 9.84 Å². The fraction of sp³-hybridized carbons (Fsp3) is 0.321. The Morgan fingerprint density at radius 1 is 0.889 bits per heavy atom. The Bertz CT molecular complexity index is 1140. The van der Waals surface area contributed by atoms with Gasteiger partial charge in [0.1, 0.15) is 5.37 Å². The molecule has 0 radical (unpaired) electrons. The largest absolute Gasteiger partial charge is 0.431 e. The molecule has 1 heterocycles. The predicted octanol–water partition coefficient (Wildman–Crippen LogP) is 6.55. The first-order valence-corrected chi connectivity index (χ1v) is 12.9. The number of thioether (sulfide) groups is 1. The van der Waals surface area contributed by atoms with Crippen molar-refractivity contribution in [2.75, 3.05) is 6.26 Å². The Hall–Kier alpha value is -2.97. The topological polar surface area (TPSA) is 49.8 Å². The van der Waals surface area contributed by atoms with Gasteiger partial charge >= 0.3 is 12.3 Å². The van der Waals surface area contributed by atoms with Crippen molar-refractivity contribution in [1.29, 1.82) is 0 Å². The molecule has 1 amide bonds. The van der Waals surface area contributed by atoms with E-state index in [2.05, 4.69) is 0 Å². The molecule has 0 bridgehead atoms. The lowest BCUT2D eigenvalue weighted by molar-refractivity contribution is -0.276. The Kier molecular flexibility index (Phi) is 7.12. The van der Waals surface area contributed by atoms with Crippen LogP contribution < -0.4 is 0 Å². The predicted molar refractivity (Wildman–Crippen MR) is 134 cm³/mol. The van der Waals surface area contributed by atoms with E-state index < -0.39 is 34.9 Å². The van der Waals surface area contributed by atoms with Crippen molar-refractivity contribution in [1.82, 2.24) is 4.90 Å². The summed E-state index contributed by atoms with van der Waals surface area (Å²) < 4.78 is 50.3. The average molecular weight is 516 g/mol. The van der Waals surface area contributed by atoms with Gasteiger partial charge in [0.15, 0.2) is 5.60 Å². The maximum absolute atomic E-state index is 14.7. The number of alkyl halides is 3. The standard InChI is InChI=1S/C28H28F3NO3S/c1-19(2)23-26(20-13-7-4-8-14-20,21-15-9-5-10-16-21)35-25(33)32(23)24(36-3)27(34,28(29,30)31)22-17-11-6-12-18-22/h4-19,23-24,34H,1-3H3/t23-,24-,27+/m0/s1. The van der Waals surface area contributed by atoms with Gasteiger partial charge in [-0.3, -0.25) is 4.90 Å². The molecule has 3 aromatic rings. The third-order valence-electron chi connectivity index (χ3n) is 6.69. The molecular formula is C28H28F3NO3S. The molecule has 3 atom stereocenters. The number of hydrogen-bond donors (Lipinski definition) is 1.